The summed E-state index contributed by atoms with van der Waals surface area (Å²) in [6, 6.07) is 8.34. The van der Waals surface area contributed by atoms with Gasteiger partial charge in [0.15, 0.2) is 12.2 Å². The average molecular weight is 557 g/mol. The van der Waals surface area contributed by atoms with Gasteiger partial charge in [0.1, 0.15) is 6.10 Å². The van der Waals surface area contributed by atoms with Gasteiger partial charge in [-0.1, -0.05) is 31.7 Å². The molecular formula is C31H40O9. The number of esters is 3. The topological polar surface area (TPSA) is 140 Å². The second kappa shape index (κ2) is 10.4. The van der Waals surface area contributed by atoms with Crippen molar-refractivity contribution in [3.05, 3.63) is 59.2 Å². The molecule has 0 amide bonds. The predicted octanol–water partition coefficient (Wildman–Crippen LogP) is 3.26. The van der Waals surface area contributed by atoms with E-state index in [0.29, 0.717) is 16.7 Å². The summed E-state index contributed by atoms with van der Waals surface area (Å²) in [7, 11) is 0. The SMILES string of the molecule is C=C1C(O)CC(OC(C)=O)C2(C)C1CC1(C(C)(C)O)CC(O)C(C)=C1C(OC(=O)c1ccccc1)C2OC(C)=O. The van der Waals surface area contributed by atoms with Crippen LogP contribution in [0.2, 0.25) is 0 Å². The van der Waals surface area contributed by atoms with Crippen LogP contribution in [-0.2, 0) is 23.8 Å². The van der Waals surface area contributed by atoms with Crippen LogP contribution in [-0.4, -0.2) is 69.3 Å². The molecule has 2 fully saturated rings. The quantitative estimate of drug-likeness (QED) is 0.283. The van der Waals surface area contributed by atoms with Gasteiger partial charge in [-0.05, 0) is 68.4 Å². The Balaban J connectivity index is 2.04. The van der Waals surface area contributed by atoms with Crippen LogP contribution in [0.5, 0.6) is 0 Å². The fourth-order valence-electron chi connectivity index (χ4n) is 7.31. The number of benzene rings is 1. The van der Waals surface area contributed by atoms with E-state index in [0.717, 1.165) is 0 Å². The molecule has 1 aromatic carbocycles. The molecule has 40 heavy (non-hydrogen) atoms. The number of rotatable bonds is 5. The zero-order chi connectivity index (χ0) is 29.8. The van der Waals surface area contributed by atoms with Gasteiger partial charge in [0, 0.05) is 25.7 Å². The summed E-state index contributed by atoms with van der Waals surface area (Å²) in [4.78, 5) is 38.5. The van der Waals surface area contributed by atoms with E-state index in [-0.39, 0.29) is 24.8 Å². The summed E-state index contributed by atoms with van der Waals surface area (Å²) in [6.07, 6.45) is -5.14. The molecule has 0 radical (unpaired) electrons. The van der Waals surface area contributed by atoms with Crippen molar-refractivity contribution < 1.29 is 43.9 Å². The van der Waals surface area contributed by atoms with Crippen molar-refractivity contribution in [2.24, 2.45) is 16.7 Å². The lowest BCUT2D eigenvalue weighted by atomic mass is 9.56. The first-order chi connectivity index (χ1) is 18.5. The molecule has 0 spiro atoms. The minimum atomic E-state index is -1.45. The van der Waals surface area contributed by atoms with E-state index < -0.39 is 70.8 Å². The first-order valence-electron chi connectivity index (χ1n) is 13.6. The van der Waals surface area contributed by atoms with E-state index in [9.17, 15) is 29.7 Å². The normalized spacial score (nSPS) is 35.8. The Morgan fingerprint density at radius 3 is 2.12 bits per heavy atom. The van der Waals surface area contributed by atoms with Gasteiger partial charge in [-0.25, -0.2) is 4.79 Å². The van der Waals surface area contributed by atoms with Crippen LogP contribution in [0.15, 0.2) is 53.6 Å². The lowest BCUT2D eigenvalue weighted by Gasteiger charge is -2.53. The summed E-state index contributed by atoms with van der Waals surface area (Å²) < 4.78 is 18.0. The van der Waals surface area contributed by atoms with E-state index in [1.165, 1.54) is 13.8 Å². The number of fused-ring (bicyclic) bond motifs is 2. The van der Waals surface area contributed by atoms with E-state index >= 15 is 0 Å². The molecule has 3 aliphatic carbocycles. The molecule has 3 aliphatic rings. The van der Waals surface area contributed by atoms with Crippen molar-refractivity contribution in [3.63, 3.8) is 0 Å². The molecule has 9 nitrogen and oxygen atoms in total. The van der Waals surface area contributed by atoms with Gasteiger partial charge >= 0.3 is 17.9 Å². The van der Waals surface area contributed by atoms with Gasteiger partial charge in [0.05, 0.1) is 28.8 Å². The zero-order valence-corrected chi connectivity index (χ0v) is 24.0. The number of ether oxygens (including phenoxy) is 3. The Labute approximate surface area is 234 Å². The molecule has 1 aromatic rings. The molecule has 8 atom stereocenters. The molecule has 3 N–H and O–H groups in total. The smallest absolute Gasteiger partial charge is 0.338 e. The average Bonchev–Trinajstić information content (AvgIpc) is 3.07. The minimum absolute atomic E-state index is 0.00129. The van der Waals surface area contributed by atoms with Gasteiger partial charge in [-0.2, -0.15) is 0 Å². The third-order valence-electron chi connectivity index (χ3n) is 9.48. The molecule has 0 heterocycles. The number of hydrogen-bond acceptors (Lipinski definition) is 9. The highest BCUT2D eigenvalue weighted by molar-refractivity contribution is 5.89. The summed E-state index contributed by atoms with van der Waals surface area (Å²) in [6.45, 7) is 13.4. The molecule has 218 valence electrons. The fraction of sp³-hybridized carbons (Fsp3) is 0.581. The van der Waals surface area contributed by atoms with Crippen molar-refractivity contribution in [2.75, 3.05) is 0 Å². The summed E-state index contributed by atoms with van der Waals surface area (Å²) in [5.74, 6) is -2.59. The maximum Gasteiger partial charge on any atom is 0.338 e. The second-order valence-corrected chi connectivity index (χ2v) is 12.2. The molecule has 0 aliphatic heterocycles. The fourth-order valence-corrected chi connectivity index (χ4v) is 7.31. The Kier molecular flexibility index (Phi) is 7.81. The van der Waals surface area contributed by atoms with Crippen LogP contribution in [0.3, 0.4) is 0 Å². The van der Waals surface area contributed by atoms with Crippen LogP contribution in [0, 0.1) is 16.7 Å². The van der Waals surface area contributed by atoms with Crippen LogP contribution in [0.25, 0.3) is 0 Å². The van der Waals surface area contributed by atoms with Crippen molar-refractivity contribution in [1.29, 1.82) is 0 Å². The third-order valence-corrected chi connectivity index (χ3v) is 9.48. The first-order valence-corrected chi connectivity index (χ1v) is 13.6. The Hall–Kier alpha value is -3.01. The lowest BCUT2D eigenvalue weighted by molar-refractivity contribution is -0.195. The molecule has 9 heteroatoms. The number of aliphatic hydroxyl groups excluding tert-OH is 2. The van der Waals surface area contributed by atoms with Crippen molar-refractivity contribution in [1.82, 2.24) is 0 Å². The maximum atomic E-state index is 13.6. The monoisotopic (exact) mass is 556 g/mol. The summed E-state index contributed by atoms with van der Waals surface area (Å²) in [5, 5.41) is 34.0. The molecule has 4 rings (SSSR count). The zero-order valence-electron chi connectivity index (χ0n) is 24.0. The number of carbonyl (C=O) groups excluding carboxylic acids is 3. The van der Waals surface area contributed by atoms with Crippen molar-refractivity contribution in [2.45, 2.75) is 96.9 Å². The lowest BCUT2D eigenvalue weighted by Crippen LogP contribution is -2.60. The number of hydrogen-bond donors (Lipinski definition) is 3. The molecule has 0 saturated heterocycles. The van der Waals surface area contributed by atoms with Gasteiger partial charge < -0.3 is 29.5 Å². The highest BCUT2D eigenvalue weighted by Crippen LogP contribution is 2.65. The van der Waals surface area contributed by atoms with Crippen molar-refractivity contribution >= 4 is 17.9 Å². The molecule has 2 saturated carbocycles. The van der Waals surface area contributed by atoms with Crippen LogP contribution in [0.4, 0.5) is 0 Å². The predicted molar refractivity (Wildman–Crippen MR) is 145 cm³/mol. The van der Waals surface area contributed by atoms with Crippen LogP contribution < -0.4 is 0 Å². The summed E-state index contributed by atoms with van der Waals surface area (Å²) in [5.41, 5.74) is -2.19. The molecule has 0 bridgehead atoms. The van der Waals surface area contributed by atoms with E-state index in [2.05, 4.69) is 6.58 Å². The molecule has 0 aromatic heterocycles. The molecular weight excluding hydrogens is 516 g/mol. The number of carbonyl (C=O) groups is 3. The standard InChI is InChI=1S/C31H40O9/c1-16-21-14-31(29(5,6)37)15-23(35)17(2)25(31)26(40-28(36)20-11-9-8-10-12-20)27(39-19(4)33)30(21,7)24(13-22(16)34)38-18(3)32/h8-12,21-24,26-27,34-35,37H,1,13-15H2,2-7H3. The van der Waals surface area contributed by atoms with E-state index in [1.807, 2.05) is 0 Å². The van der Waals surface area contributed by atoms with Crippen LogP contribution >= 0.6 is 0 Å². The van der Waals surface area contributed by atoms with E-state index in [4.69, 9.17) is 14.2 Å². The van der Waals surface area contributed by atoms with Crippen molar-refractivity contribution in [3.8, 4) is 0 Å². The maximum absolute atomic E-state index is 13.6. The highest BCUT2D eigenvalue weighted by atomic mass is 16.6. The molecule has 8 unspecified atom stereocenters. The highest BCUT2D eigenvalue weighted by Gasteiger charge is 2.68. The third kappa shape index (κ3) is 4.78. The Morgan fingerprint density at radius 2 is 1.57 bits per heavy atom. The minimum Gasteiger partial charge on any atom is -0.462 e. The second-order valence-electron chi connectivity index (χ2n) is 12.2. The van der Waals surface area contributed by atoms with Gasteiger partial charge in [0.2, 0.25) is 0 Å². The van der Waals surface area contributed by atoms with Gasteiger partial charge in [0.25, 0.3) is 0 Å². The Bertz CT molecular complexity index is 1230. The number of aliphatic hydroxyl groups is 3. The van der Waals surface area contributed by atoms with E-state index in [1.54, 1.807) is 58.0 Å². The van der Waals surface area contributed by atoms with Gasteiger partial charge in [-0.15, -0.1) is 0 Å². The largest absolute Gasteiger partial charge is 0.462 e. The Morgan fingerprint density at radius 1 is 0.975 bits per heavy atom. The van der Waals surface area contributed by atoms with Crippen LogP contribution in [0.1, 0.15) is 71.2 Å². The van der Waals surface area contributed by atoms with Gasteiger partial charge in [-0.3, -0.25) is 9.59 Å². The summed E-state index contributed by atoms with van der Waals surface area (Å²) >= 11 is 0. The first kappa shape index (κ1) is 30.0.